The summed E-state index contributed by atoms with van der Waals surface area (Å²) in [6.45, 7) is 2.12. The fourth-order valence-electron chi connectivity index (χ4n) is 3.34. The zero-order chi connectivity index (χ0) is 20.1. The minimum Gasteiger partial charge on any atom is -0.481 e. The van der Waals surface area contributed by atoms with Gasteiger partial charge in [0.05, 0.1) is 34.4 Å². The molecule has 1 aromatic carbocycles. The van der Waals surface area contributed by atoms with Crippen molar-refractivity contribution >= 4 is 56.8 Å². The summed E-state index contributed by atoms with van der Waals surface area (Å²) in [6.07, 6.45) is 2.86. The number of amides is 1. The summed E-state index contributed by atoms with van der Waals surface area (Å²) in [5.41, 5.74) is 1.41. The lowest BCUT2D eigenvalue weighted by atomic mass is 9.78. The maximum atomic E-state index is 12.6. The Morgan fingerprint density at radius 3 is 2.75 bits per heavy atom. The van der Waals surface area contributed by atoms with E-state index in [-0.39, 0.29) is 17.6 Å². The smallest absolute Gasteiger partial charge is 0.316 e. The number of carbonyl (C=O) groups excluding carboxylic acids is 2. The first kappa shape index (κ1) is 20.6. The van der Waals surface area contributed by atoms with Crippen molar-refractivity contribution in [3.05, 3.63) is 18.2 Å². The Bertz CT molecular complexity index is 882. The minimum atomic E-state index is -0.902. The number of carboxylic acids is 1. The molecule has 9 heteroatoms. The van der Waals surface area contributed by atoms with E-state index in [2.05, 4.69) is 10.3 Å². The van der Waals surface area contributed by atoms with Gasteiger partial charge in [0, 0.05) is 5.69 Å². The van der Waals surface area contributed by atoms with Crippen LogP contribution < -0.4 is 5.32 Å². The predicted molar refractivity (Wildman–Crippen MR) is 109 cm³/mol. The molecular formula is C19H22N2O5S2. The highest BCUT2D eigenvalue weighted by Gasteiger charge is 2.35. The van der Waals surface area contributed by atoms with Crippen LogP contribution in [0.3, 0.4) is 0 Å². The van der Waals surface area contributed by atoms with Gasteiger partial charge in [-0.3, -0.25) is 14.4 Å². The Kier molecular flexibility index (Phi) is 6.90. The average Bonchev–Trinajstić information content (AvgIpc) is 3.08. The fraction of sp³-hybridized carbons (Fsp3) is 0.474. The lowest BCUT2D eigenvalue weighted by molar-refractivity contribution is -0.147. The zero-order valence-electron chi connectivity index (χ0n) is 15.5. The van der Waals surface area contributed by atoms with Crippen molar-refractivity contribution in [3.8, 4) is 0 Å². The maximum Gasteiger partial charge on any atom is 0.316 e. The van der Waals surface area contributed by atoms with Crippen LogP contribution in [0.1, 0.15) is 32.6 Å². The molecule has 0 saturated heterocycles. The number of thioether (sulfide) groups is 1. The highest BCUT2D eigenvalue weighted by atomic mass is 32.2. The molecule has 7 nitrogen and oxygen atoms in total. The summed E-state index contributed by atoms with van der Waals surface area (Å²) in [5, 5.41) is 12.2. The second-order valence-electron chi connectivity index (χ2n) is 6.58. The van der Waals surface area contributed by atoms with Crippen LogP contribution in [0.15, 0.2) is 22.5 Å². The normalized spacial score (nSPS) is 19.3. The second kappa shape index (κ2) is 9.38. The molecule has 3 rings (SSSR count). The van der Waals surface area contributed by atoms with E-state index in [0.717, 1.165) is 27.4 Å². The topological polar surface area (TPSA) is 106 Å². The van der Waals surface area contributed by atoms with E-state index in [1.165, 1.54) is 23.1 Å². The highest BCUT2D eigenvalue weighted by molar-refractivity contribution is 8.01. The van der Waals surface area contributed by atoms with Gasteiger partial charge in [-0.15, -0.1) is 11.3 Å². The molecule has 0 bridgehead atoms. The average molecular weight is 423 g/mol. The van der Waals surface area contributed by atoms with Crippen molar-refractivity contribution in [1.29, 1.82) is 0 Å². The number of esters is 1. The number of hydrogen-bond acceptors (Lipinski definition) is 7. The zero-order valence-corrected chi connectivity index (χ0v) is 17.1. The molecule has 1 amide bonds. The standard InChI is InChI=1S/C19H22N2O5S2/c1-2-26-16(22)10-27-19-21-14-8-7-11(9-15(14)28-19)20-17(23)12-5-3-4-6-13(12)18(24)25/h7-9,12-13H,2-6,10H2,1H3,(H,20,23)(H,24,25)/t12-,13+/m1/s1. The number of nitrogens with zero attached hydrogens (tertiary/aromatic N) is 1. The lowest BCUT2D eigenvalue weighted by Gasteiger charge is -2.27. The molecule has 0 aliphatic heterocycles. The number of carboxylic acid groups (broad SMARTS) is 1. The number of aromatic nitrogens is 1. The van der Waals surface area contributed by atoms with E-state index < -0.39 is 17.8 Å². The van der Waals surface area contributed by atoms with Crippen molar-refractivity contribution in [3.63, 3.8) is 0 Å². The Hall–Kier alpha value is -2.13. The van der Waals surface area contributed by atoms with Gasteiger partial charge in [0.25, 0.3) is 0 Å². The highest BCUT2D eigenvalue weighted by Crippen LogP contribution is 2.33. The molecule has 1 aliphatic carbocycles. The number of ether oxygens (including phenoxy) is 1. The molecule has 2 atom stereocenters. The number of thiazole rings is 1. The van der Waals surface area contributed by atoms with Crippen molar-refractivity contribution in [1.82, 2.24) is 4.98 Å². The number of nitrogens with one attached hydrogen (secondary N) is 1. The molecule has 150 valence electrons. The monoisotopic (exact) mass is 422 g/mol. The summed E-state index contributed by atoms with van der Waals surface area (Å²) >= 11 is 2.76. The third-order valence-electron chi connectivity index (χ3n) is 4.68. The maximum absolute atomic E-state index is 12.6. The van der Waals surface area contributed by atoms with Gasteiger partial charge in [0.2, 0.25) is 5.91 Å². The molecule has 2 N–H and O–H groups in total. The van der Waals surface area contributed by atoms with Gasteiger partial charge >= 0.3 is 11.9 Å². The summed E-state index contributed by atoms with van der Waals surface area (Å²) in [4.78, 5) is 40.0. The van der Waals surface area contributed by atoms with Crippen LogP contribution in [0, 0.1) is 11.8 Å². The largest absolute Gasteiger partial charge is 0.481 e. The van der Waals surface area contributed by atoms with Crippen LogP contribution in [-0.4, -0.2) is 40.3 Å². The van der Waals surface area contributed by atoms with E-state index in [1.54, 1.807) is 13.0 Å². The molecule has 0 unspecified atom stereocenters. The van der Waals surface area contributed by atoms with Gasteiger partial charge in [0.15, 0.2) is 4.34 Å². The van der Waals surface area contributed by atoms with Crippen LogP contribution in [0.25, 0.3) is 10.2 Å². The molecule has 28 heavy (non-hydrogen) atoms. The molecule has 0 spiro atoms. The van der Waals surface area contributed by atoms with Crippen LogP contribution in [-0.2, 0) is 19.1 Å². The molecular weight excluding hydrogens is 400 g/mol. The molecule has 1 saturated carbocycles. The fourth-order valence-corrected chi connectivity index (χ4v) is 5.25. The first-order valence-corrected chi connectivity index (χ1v) is 11.0. The van der Waals surface area contributed by atoms with Crippen molar-refractivity contribution in [2.45, 2.75) is 36.9 Å². The summed E-state index contributed by atoms with van der Waals surface area (Å²) in [6, 6.07) is 5.40. The van der Waals surface area contributed by atoms with Crippen molar-refractivity contribution in [2.24, 2.45) is 11.8 Å². The Morgan fingerprint density at radius 1 is 1.29 bits per heavy atom. The predicted octanol–water partition coefficient (Wildman–Crippen LogP) is 3.78. The number of fused-ring (bicyclic) bond motifs is 1. The van der Waals surface area contributed by atoms with Gasteiger partial charge in [-0.05, 0) is 38.0 Å². The second-order valence-corrected chi connectivity index (χ2v) is 8.83. The van der Waals surface area contributed by atoms with Crippen LogP contribution in [0.4, 0.5) is 5.69 Å². The quantitative estimate of drug-likeness (QED) is 0.517. The Morgan fingerprint density at radius 2 is 2.04 bits per heavy atom. The third kappa shape index (κ3) is 5.02. The number of aliphatic carboxylic acids is 1. The number of anilines is 1. The molecule has 0 radical (unpaired) electrons. The van der Waals surface area contributed by atoms with Crippen molar-refractivity contribution in [2.75, 3.05) is 17.7 Å². The van der Waals surface area contributed by atoms with E-state index in [4.69, 9.17) is 4.74 Å². The van der Waals surface area contributed by atoms with E-state index in [0.29, 0.717) is 25.1 Å². The number of benzene rings is 1. The molecule has 1 aromatic heterocycles. The van der Waals surface area contributed by atoms with E-state index in [9.17, 15) is 19.5 Å². The lowest BCUT2D eigenvalue weighted by Crippen LogP contribution is -2.36. The number of carbonyl (C=O) groups is 3. The van der Waals surface area contributed by atoms with Crippen LogP contribution in [0.2, 0.25) is 0 Å². The molecule has 1 fully saturated rings. The van der Waals surface area contributed by atoms with Gasteiger partial charge in [-0.1, -0.05) is 24.6 Å². The molecule has 1 aliphatic rings. The van der Waals surface area contributed by atoms with Gasteiger partial charge in [0.1, 0.15) is 0 Å². The van der Waals surface area contributed by atoms with Gasteiger partial charge in [-0.25, -0.2) is 4.98 Å². The molecule has 1 heterocycles. The van der Waals surface area contributed by atoms with E-state index >= 15 is 0 Å². The Labute approximate surface area is 170 Å². The number of hydrogen-bond donors (Lipinski definition) is 2. The summed E-state index contributed by atoms with van der Waals surface area (Å²) < 4.78 is 6.56. The van der Waals surface area contributed by atoms with Crippen LogP contribution in [0.5, 0.6) is 0 Å². The molecule has 2 aromatic rings. The first-order chi connectivity index (χ1) is 13.5. The first-order valence-electron chi connectivity index (χ1n) is 9.20. The van der Waals surface area contributed by atoms with Crippen LogP contribution >= 0.6 is 23.1 Å². The van der Waals surface area contributed by atoms with Crippen molar-refractivity contribution < 1.29 is 24.2 Å². The summed E-state index contributed by atoms with van der Waals surface area (Å²) in [7, 11) is 0. The Balaban J connectivity index is 1.67. The van der Waals surface area contributed by atoms with Gasteiger partial charge < -0.3 is 15.2 Å². The van der Waals surface area contributed by atoms with Gasteiger partial charge in [-0.2, -0.15) is 0 Å². The minimum absolute atomic E-state index is 0.204. The third-order valence-corrected chi connectivity index (χ3v) is 6.81. The summed E-state index contributed by atoms with van der Waals surface area (Å²) in [5.74, 6) is -2.34. The van der Waals surface area contributed by atoms with E-state index in [1.807, 2.05) is 12.1 Å². The number of rotatable bonds is 7. The SMILES string of the molecule is CCOC(=O)CSc1nc2ccc(NC(=O)[C@@H]3CCCC[C@@H]3C(=O)O)cc2s1.